The zero-order chi connectivity index (χ0) is 22.1. The number of nitrogens with zero attached hydrogens (tertiary/aromatic N) is 2. The van der Waals surface area contributed by atoms with Gasteiger partial charge in [0.2, 0.25) is 0 Å². The van der Waals surface area contributed by atoms with E-state index in [-0.39, 0.29) is 22.8 Å². The molecule has 3 aromatic rings. The van der Waals surface area contributed by atoms with Gasteiger partial charge in [0.15, 0.2) is 11.6 Å². The van der Waals surface area contributed by atoms with Gasteiger partial charge >= 0.3 is 0 Å². The van der Waals surface area contributed by atoms with E-state index < -0.39 is 17.5 Å². The van der Waals surface area contributed by atoms with E-state index in [1.54, 1.807) is 19.9 Å². The fourth-order valence-electron chi connectivity index (χ4n) is 3.50. The molecule has 1 aromatic heterocycles. The standard InChI is InChI=1S/C23H22F2N4O2/c1-3-31-21-20(27-11-28-22(21)26)17-9-15(24)10-19(12(17)2)29-23(30)16-7-6-14(8-18(16)25)13-4-5-13/h6-11,13H,3-5H2,1-2H3,(H,29,30)(H2,26,27,28). The number of aromatic nitrogens is 2. The molecule has 1 amide bonds. The molecule has 6 nitrogen and oxygen atoms in total. The van der Waals surface area contributed by atoms with Gasteiger partial charge in [-0.3, -0.25) is 4.79 Å². The summed E-state index contributed by atoms with van der Waals surface area (Å²) in [6.07, 6.45) is 3.33. The maximum absolute atomic E-state index is 14.5. The quantitative estimate of drug-likeness (QED) is 0.591. The van der Waals surface area contributed by atoms with Gasteiger partial charge in [-0.15, -0.1) is 0 Å². The van der Waals surface area contributed by atoms with Gasteiger partial charge in [0.25, 0.3) is 5.91 Å². The molecule has 160 valence electrons. The van der Waals surface area contributed by atoms with Gasteiger partial charge in [0.05, 0.1) is 12.2 Å². The molecule has 0 atom stereocenters. The summed E-state index contributed by atoms with van der Waals surface area (Å²) in [6.45, 7) is 3.80. The highest BCUT2D eigenvalue weighted by atomic mass is 19.1. The summed E-state index contributed by atoms with van der Waals surface area (Å²) in [5.74, 6) is -1.12. The number of rotatable bonds is 6. The molecule has 4 rings (SSSR count). The highest BCUT2D eigenvalue weighted by Crippen LogP contribution is 2.40. The topological polar surface area (TPSA) is 90.1 Å². The summed E-state index contributed by atoms with van der Waals surface area (Å²) in [5.41, 5.74) is 8.12. The number of ether oxygens (including phenoxy) is 1. The largest absolute Gasteiger partial charge is 0.488 e. The van der Waals surface area contributed by atoms with Crippen LogP contribution in [0.3, 0.4) is 0 Å². The van der Waals surface area contributed by atoms with Crippen molar-refractivity contribution in [2.24, 2.45) is 0 Å². The number of hydrogen-bond donors (Lipinski definition) is 2. The first-order valence-electron chi connectivity index (χ1n) is 10.0. The highest BCUT2D eigenvalue weighted by molar-refractivity contribution is 6.05. The number of amides is 1. The Balaban J connectivity index is 1.69. The van der Waals surface area contributed by atoms with Crippen molar-refractivity contribution in [2.75, 3.05) is 17.7 Å². The molecule has 0 bridgehead atoms. The average molecular weight is 424 g/mol. The number of nitrogens with two attached hydrogens (primary N) is 1. The fourth-order valence-corrected chi connectivity index (χ4v) is 3.50. The second kappa shape index (κ2) is 8.29. The first-order valence-corrected chi connectivity index (χ1v) is 10.0. The smallest absolute Gasteiger partial charge is 0.258 e. The fraction of sp³-hybridized carbons (Fsp3) is 0.261. The van der Waals surface area contributed by atoms with Gasteiger partial charge in [0.1, 0.15) is 23.7 Å². The number of carbonyl (C=O) groups is 1. The van der Waals surface area contributed by atoms with E-state index in [4.69, 9.17) is 10.5 Å². The van der Waals surface area contributed by atoms with Gasteiger partial charge in [0, 0.05) is 11.3 Å². The van der Waals surface area contributed by atoms with Crippen LogP contribution in [0.25, 0.3) is 11.3 Å². The minimum Gasteiger partial charge on any atom is -0.488 e. The molecular formula is C23H22F2N4O2. The molecule has 0 spiro atoms. The van der Waals surface area contributed by atoms with Gasteiger partial charge in [-0.1, -0.05) is 6.07 Å². The molecule has 8 heteroatoms. The van der Waals surface area contributed by atoms with E-state index >= 15 is 0 Å². The van der Waals surface area contributed by atoms with Crippen LogP contribution in [-0.4, -0.2) is 22.5 Å². The number of nitrogen functional groups attached to an aromatic ring is 1. The van der Waals surface area contributed by atoms with E-state index in [0.717, 1.165) is 18.4 Å². The molecule has 2 aromatic carbocycles. The lowest BCUT2D eigenvalue weighted by Crippen LogP contribution is -2.15. The molecule has 0 radical (unpaired) electrons. The zero-order valence-electron chi connectivity index (χ0n) is 17.2. The molecule has 0 saturated heterocycles. The predicted octanol–water partition coefficient (Wildman–Crippen LogP) is 4.84. The van der Waals surface area contributed by atoms with Crippen LogP contribution in [0.2, 0.25) is 0 Å². The third kappa shape index (κ3) is 4.19. The molecule has 1 fully saturated rings. The SMILES string of the molecule is CCOc1c(N)ncnc1-c1cc(F)cc(NC(=O)c2ccc(C3CC3)cc2F)c1C. The number of anilines is 2. The molecule has 1 aliphatic rings. The van der Waals surface area contributed by atoms with Crippen molar-refractivity contribution >= 4 is 17.4 Å². The summed E-state index contributed by atoms with van der Waals surface area (Å²) >= 11 is 0. The number of benzene rings is 2. The second-order valence-electron chi connectivity index (χ2n) is 7.46. The molecule has 31 heavy (non-hydrogen) atoms. The van der Waals surface area contributed by atoms with E-state index in [1.165, 1.54) is 30.6 Å². The van der Waals surface area contributed by atoms with Crippen LogP contribution in [0.1, 0.15) is 47.2 Å². The third-order valence-corrected chi connectivity index (χ3v) is 5.28. The van der Waals surface area contributed by atoms with E-state index in [0.29, 0.717) is 29.3 Å². The Bertz CT molecular complexity index is 1160. The van der Waals surface area contributed by atoms with E-state index in [2.05, 4.69) is 15.3 Å². The van der Waals surface area contributed by atoms with Crippen molar-refractivity contribution in [3.8, 4) is 17.0 Å². The number of carbonyl (C=O) groups excluding carboxylic acids is 1. The monoisotopic (exact) mass is 424 g/mol. The Morgan fingerprint density at radius 1 is 1.23 bits per heavy atom. The Labute approximate surface area is 178 Å². The molecule has 0 unspecified atom stereocenters. The number of halogens is 2. The zero-order valence-corrected chi connectivity index (χ0v) is 17.2. The molecule has 3 N–H and O–H groups in total. The number of hydrogen-bond acceptors (Lipinski definition) is 5. The Morgan fingerprint density at radius 3 is 2.68 bits per heavy atom. The van der Waals surface area contributed by atoms with E-state index in [1.807, 2.05) is 0 Å². The Morgan fingerprint density at radius 2 is 2.00 bits per heavy atom. The Kier molecular flexibility index (Phi) is 5.54. The van der Waals surface area contributed by atoms with Crippen LogP contribution >= 0.6 is 0 Å². The summed E-state index contributed by atoms with van der Waals surface area (Å²) < 4.78 is 34.5. The molecule has 0 aliphatic heterocycles. The van der Waals surface area contributed by atoms with Crippen LogP contribution in [0.15, 0.2) is 36.7 Å². The van der Waals surface area contributed by atoms with Gasteiger partial charge in [-0.25, -0.2) is 18.7 Å². The van der Waals surface area contributed by atoms with Crippen molar-refractivity contribution in [1.82, 2.24) is 9.97 Å². The van der Waals surface area contributed by atoms with Gasteiger partial charge < -0.3 is 15.8 Å². The molecule has 1 heterocycles. The van der Waals surface area contributed by atoms with Crippen molar-refractivity contribution in [1.29, 1.82) is 0 Å². The van der Waals surface area contributed by atoms with Crippen molar-refractivity contribution < 1.29 is 18.3 Å². The third-order valence-electron chi connectivity index (χ3n) is 5.28. The lowest BCUT2D eigenvalue weighted by atomic mass is 10.0. The maximum atomic E-state index is 14.5. The predicted molar refractivity (Wildman–Crippen MR) is 114 cm³/mol. The first kappa shape index (κ1) is 20.7. The summed E-state index contributed by atoms with van der Waals surface area (Å²) in [4.78, 5) is 20.8. The minimum atomic E-state index is -0.660. The van der Waals surface area contributed by atoms with E-state index in [9.17, 15) is 13.6 Å². The average Bonchev–Trinajstić information content (AvgIpc) is 3.57. The second-order valence-corrected chi connectivity index (χ2v) is 7.46. The molecule has 1 saturated carbocycles. The summed E-state index contributed by atoms with van der Waals surface area (Å²) in [7, 11) is 0. The summed E-state index contributed by atoms with van der Waals surface area (Å²) in [6, 6.07) is 7.08. The van der Waals surface area contributed by atoms with Crippen LogP contribution in [-0.2, 0) is 0 Å². The molecular weight excluding hydrogens is 402 g/mol. The molecule has 1 aliphatic carbocycles. The van der Waals surface area contributed by atoms with Gasteiger partial charge in [-0.2, -0.15) is 0 Å². The number of nitrogens with one attached hydrogen (secondary N) is 1. The summed E-state index contributed by atoms with van der Waals surface area (Å²) in [5, 5.41) is 2.61. The van der Waals surface area contributed by atoms with Crippen LogP contribution < -0.4 is 15.8 Å². The van der Waals surface area contributed by atoms with Crippen molar-refractivity contribution in [2.45, 2.75) is 32.6 Å². The van der Waals surface area contributed by atoms with Gasteiger partial charge in [-0.05, 0) is 68.0 Å². The lowest BCUT2D eigenvalue weighted by molar-refractivity contribution is 0.102. The van der Waals surface area contributed by atoms with Crippen LogP contribution in [0.4, 0.5) is 20.3 Å². The Hall–Kier alpha value is -3.55. The lowest BCUT2D eigenvalue weighted by Gasteiger charge is -2.16. The minimum absolute atomic E-state index is 0.101. The highest BCUT2D eigenvalue weighted by Gasteiger charge is 2.25. The van der Waals surface area contributed by atoms with Crippen LogP contribution in [0.5, 0.6) is 5.75 Å². The van der Waals surface area contributed by atoms with Crippen LogP contribution in [0, 0.1) is 18.6 Å². The van der Waals surface area contributed by atoms with Crippen molar-refractivity contribution in [3.05, 3.63) is 65.0 Å². The maximum Gasteiger partial charge on any atom is 0.258 e. The first-order chi connectivity index (χ1) is 14.9. The normalized spacial score (nSPS) is 13.2. The van der Waals surface area contributed by atoms with Crippen molar-refractivity contribution in [3.63, 3.8) is 0 Å².